The Morgan fingerprint density at radius 3 is 2.45 bits per heavy atom. The van der Waals surface area contributed by atoms with Crippen LogP contribution in [0.2, 0.25) is 0 Å². The number of allylic oxidation sites excluding steroid dienone is 3. The van der Waals surface area contributed by atoms with Gasteiger partial charge in [0.15, 0.2) is 0 Å². The number of aryl methyl sites for hydroxylation is 2. The van der Waals surface area contributed by atoms with Crippen LogP contribution in [0, 0.1) is 13.8 Å². The molecule has 0 saturated carbocycles. The van der Waals surface area contributed by atoms with Crippen molar-refractivity contribution in [2.45, 2.75) is 33.8 Å². The molecule has 0 radical (unpaired) electrons. The van der Waals surface area contributed by atoms with E-state index in [1.54, 1.807) is 32.1 Å². The lowest BCUT2D eigenvalue weighted by Gasteiger charge is -2.14. The van der Waals surface area contributed by atoms with Crippen molar-refractivity contribution in [1.29, 1.82) is 0 Å². The monoisotopic (exact) mass is 487 g/mol. The van der Waals surface area contributed by atoms with Crippen molar-refractivity contribution in [2.24, 2.45) is 10.7 Å². The highest BCUT2D eigenvalue weighted by Crippen LogP contribution is 2.27. The van der Waals surface area contributed by atoms with E-state index in [-0.39, 0.29) is 17.3 Å². The third-order valence-electron chi connectivity index (χ3n) is 3.95. The molecule has 1 amide bonds. The van der Waals surface area contributed by atoms with E-state index in [2.05, 4.69) is 26.5 Å². The third-order valence-corrected chi connectivity index (χ3v) is 4.07. The standard InChI is InChI=1S/C18H21ClF3NO.C5H8N2O2/c1-4-5-15(20)10-14(6-7-19)11-23-16-8-13(3)17(9-12(16)2)24-18(21)22;1-7-5(8)4(3-6)9-2/h5-10,18,23H,4,11H2,1-3H3;3H,1,6H2,2H3/b7-6+,14-10+,15-5+;4-3+. The van der Waals surface area contributed by atoms with E-state index >= 15 is 0 Å². The van der Waals surface area contributed by atoms with Crippen LogP contribution in [0.4, 0.5) is 18.9 Å². The molecule has 1 aromatic carbocycles. The highest BCUT2D eigenvalue weighted by atomic mass is 35.5. The van der Waals surface area contributed by atoms with Gasteiger partial charge in [-0.25, -0.2) is 9.38 Å². The van der Waals surface area contributed by atoms with Crippen molar-refractivity contribution in [2.75, 3.05) is 19.0 Å². The van der Waals surface area contributed by atoms with Gasteiger partial charge in [-0.3, -0.25) is 4.79 Å². The molecule has 6 nitrogen and oxygen atoms in total. The number of methoxy groups -OCH3 is 1. The average Bonchev–Trinajstić information content (AvgIpc) is 2.76. The number of hydrogen-bond donors (Lipinski definition) is 2. The summed E-state index contributed by atoms with van der Waals surface area (Å²) in [4.78, 5) is 13.5. The molecule has 10 heteroatoms. The second-order valence-electron chi connectivity index (χ2n) is 6.37. The normalized spacial score (nSPS) is 12.3. The van der Waals surface area contributed by atoms with Crippen molar-refractivity contribution in [3.8, 4) is 5.75 Å². The molecule has 182 valence electrons. The summed E-state index contributed by atoms with van der Waals surface area (Å²) in [6.07, 6.45) is 6.09. The Kier molecular flexibility index (Phi) is 14.8. The fourth-order valence-electron chi connectivity index (χ4n) is 2.37. The van der Waals surface area contributed by atoms with Crippen LogP contribution in [0.25, 0.3) is 0 Å². The smallest absolute Gasteiger partial charge is 0.387 e. The number of carbonyl (C=O) groups excluding carboxylic acids is 1. The molecule has 0 unspecified atom stereocenters. The number of amides is 1. The highest BCUT2D eigenvalue weighted by Gasteiger charge is 2.10. The van der Waals surface area contributed by atoms with Gasteiger partial charge in [0.25, 0.3) is 0 Å². The second-order valence-corrected chi connectivity index (χ2v) is 6.62. The first-order chi connectivity index (χ1) is 15.6. The topological polar surface area (TPSA) is 85.9 Å². The molecular formula is C23H29ClF3N3O3. The number of nitrogens with one attached hydrogen (secondary N) is 1. The molecule has 0 bridgehead atoms. The first-order valence-electron chi connectivity index (χ1n) is 9.73. The number of aliphatic imine (C=N–C) groups is 1. The van der Waals surface area contributed by atoms with Crippen molar-refractivity contribution >= 4 is 29.9 Å². The van der Waals surface area contributed by atoms with Crippen LogP contribution < -0.4 is 15.8 Å². The number of carbonyl (C=O) groups is 1. The molecule has 0 saturated heterocycles. The van der Waals surface area contributed by atoms with Crippen molar-refractivity contribution in [1.82, 2.24) is 0 Å². The summed E-state index contributed by atoms with van der Waals surface area (Å²) in [6.45, 7) is 5.78. The summed E-state index contributed by atoms with van der Waals surface area (Å²) in [7, 11) is 1.34. The van der Waals surface area contributed by atoms with Gasteiger partial charge in [-0.1, -0.05) is 18.5 Å². The lowest BCUT2D eigenvalue weighted by atomic mass is 10.1. The van der Waals surface area contributed by atoms with Crippen LogP contribution >= 0.6 is 11.6 Å². The van der Waals surface area contributed by atoms with Crippen LogP contribution in [0.1, 0.15) is 24.5 Å². The van der Waals surface area contributed by atoms with Crippen LogP contribution in [0.15, 0.2) is 64.2 Å². The molecule has 1 aromatic rings. The fraction of sp³-hybridized carbons (Fsp3) is 0.304. The molecular weight excluding hydrogens is 459 g/mol. The number of ether oxygens (including phenoxy) is 2. The Morgan fingerprint density at radius 1 is 1.33 bits per heavy atom. The molecule has 0 heterocycles. The minimum atomic E-state index is -2.86. The summed E-state index contributed by atoms with van der Waals surface area (Å²) in [5.41, 5.74) is 9.00. The molecule has 0 spiro atoms. The number of nitrogens with zero attached hydrogens (tertiary/aromatic N) is 1. The van der Waals surface area contributed by atoms with E-state index in [4.69, 9.17) is 17.3 Å². The van der Waals surface area contributed by atoms with E-state index in [1.807, 2.05) is 6.92 Å². The summed E-state index contributed by atoms with van der Waals surface area (Å²) < 4.78 is 47.3. The van der Waals surface area contributed by atoms with Gasteiger partial charge >= 0.3 is 12.5 Å². The Morgan fingerprint density at radius 2 is 2.00 bits per heavy atom. The fourth-order valence-corrected chi connectivity index (χ4v) is 2.54. The van der Waals surface area contributed by atoms with Crippen LogP contribution in [-0.2, 0) is 9.53 Å². The van der Waals surface area contributed by atoms with Crippen molar-refractivity contribution < 1.29 is 27.4 Å². The van der Waals surface area contributed by atoms with Gasteiger partial charge in [0.2, 0.25) is 5.76 Å². The molecule has 0 aliphatic heterocycles. The van der Waals surface area contributed by atoms with E-state index in [1.165, 1.54) is 24.8 Å². The molecule has 1 rings (SSSR count). The van der Waals surface area contributed by atoms with E-state index in [0.29, 0.717) is 24.1 Å². The first-order valence-corrected chi connectivity index (χ1v) is 10.2. The average molecular weight is 488 g/mol. The van der Waals surface area contributed by atoms with Crippen LogP contribution in [0.5, 0.6) is 5.75 Å². The number of rotatable bonds is 10. The molecule has 0 fully saturated rings. The lowest BCUT2D eigenvalue weighted by molar-refractivity contribution is -0.117. The molecule has 33 heavy (non-hydrogen) atoms. The van der Waals surface area contributed by atoms with Crippen LogP contribution in [0.3, 0.4) is 0 Å². The number of benzene rings is 1. The molecule has 0 aliphatic carbocycles. The van der Waals surface area contributed by atoms with Gasteiger partial charge in [0.05, 0.1) is 7.11 Å². The second kappa shape index (κ2) is 16.4. The maximum Gasteiger partial charge on any atom is 0.387 e. The Bertz CT molecular complexity index is 914. The maximum absolute atomic E-state index is 13.6. The minimum absolute atomic E-state index is 0.00463. The first kappa shape index (κ1) is 29.8. The third kappa shape index (κ3) is 11.8. The van der Waals surface area contributed by atoms with E-state index in [0.717, 1.165) is 17.5 Å². The zero-order valence-corrected chi connectivity index (χ0v) is 19.8. The SMILES string of the molecule is C=NC(=O)/C(=C\N)OC.CC\C=C(F)/C=C(\C=C\Cl)CNc1cc(C)c(OC(F)F)cc1C. The molecule has 0 aliphatic rings. The Balaban J connectivity index is 0.000000960. The zero-order chi connectivity index (χ0) is 25.4. The van der Waals surface area contributed by atoms with Gasteiger partial charge < -0.3 is 20.5 Å². The van der Waals surface area contributed by atoms with Gasteiger partial charge in [-0.15, -0.1) is 0 Å². The summed E-state index contributed by atoms with van der Waals surface area (Å²) in [5, 5.41) is 3.15. The molecule has 3 N–H and O–H groups in total. The van der Waals surface area contributed by atoms with E-state index in [9.17, 15) is 18.0 Å². The van der Waals surface area contributed by atoms with Crippen molar-refractivity contribution in [3.63, 3.8) is 0 Å². The highest BCUT2D eigenvalue weighted by molar-refractivity contribution is 6.25. The van der Waals surface area contributed by atoms with Gasteiger partial charge in [0.1, 0.15) is 11.6 Å². The Labute approximate surface area is 197 Å². The molecule has 0 atom stereocenters. The summed E-state index contributed by atoms with van der Waals surface area (Å²) >= 11 is 5.59. The number of hydrogen-bond acceptors (Lipinski definition) is 5. The predicted molar refractivity (Wildman–Crippen MR) is 127 cm³/mol. The largest absolute Gasteiger partial charge is 0.490 e. The lowest BCUT2D eigenvalue weighted by Crippen LogP contribution is -2.07. The quantitative estimate of drug-likeness (QED) is 0.185. The number of halogens is 4. The van der Waals surface area contributed by atoms with Gasteiger partial charge in [0, 0.05) is 24.0 Å². The Hall–Kier alpha value is -3.20. The predicted octanol–water partition coefficient (Wildman–Crippen LogP) is 5.92. The number of alkyl halides is 2. The van der Waals surface area contributed by atoms with Gasteiger partial charge in [-0.05, 0) is 74.0 Å². The minimum Gasteiger partial charge on any atom is -0.490 e. The summed E-state index contributed by atoms with van der Waals surface area (Å²) in [5.74, 6) is -0.746. The molecule has 0 aromatic heterocycles. The zero-order valence-electron chi connectivity index (χ0n) is 19.0. The van der Waals surface area contributed by atoms with Crippen molar-refractivity contribution in [3.05, 3.63) is 70.4 Å². The summed E-state index contributed by atoms with van der Waals surface area (Å²) in [6, 6.07) is 3.26. The van der Waals surface area contributed by atoms with Crippen LogP contribution in [-0.4, -0.2) is 32.9 Å². The number of nitrogens with two attached hydrogens (primary N) is 1. The van der Waals surface area contributed by atoms with Gasteiger partial charge in [-0.2, -0.15) is 8.78 Å². The number of anilines is 1. The van der Waals surface area contributed by atoms with E-state index < -0.39 is 12.5 Å². The maximum atomic E-state index is 13.6.